The van der Waals surface area contributed by atoms with E-state index in [0.717, 1.165) is 36.7 Å². The summed E-state index contributed by atoms with van der Waals surface area (Å²) < 4.78 is 2.17. The lowest BCUT2D eigenvalue weighted by molar-refractivity contribution is 0.682. The minimum absolute atomic E-state index is 0.731. The molecule has 2 heterocycles. The van der Waals surface area contributed by atoms with Crippen LogP contribution in [0.2, 0.25) is 0 Å². The van der Waals surface area contributed by atoms with Gasteiger partial charge in [-0.2, -0.15) is 0 Å². The van der Waals surface area contributed by atoms with Gasteiger partial charge >= 0.3 is 0 Å². The molecule has 1 aromatic carbocycles. The van der Waals surface area contributed by atoms with Crippen LogP contribution in [0, 0.1) is 6.92 Å². The number of hydrogen-bond donors (Lipinski definition) is 1. The lowest BCUT2D eigenvalue weighted by atomic mass is 10.1. The fourth-order valence-corrected chi connectivity index (χ4v) is 2.58. The number of nitrogens with one attached hydrogen (secondary N) is 1. The number of fused-ring (bicyclic) bond motifs is 1. The van der Waals surface area contributed by atoms with Crippen LogP contribution in [0.15, 0.2) is 42.7 Å². The van der Waals surface area contributed by atoms with Crippen molar-refractivity contribution < 1.29 is 0 Å². The van der Waals surface area contributed by atoms with Crippen molar-refractivity contribution in [3.63, 3.8) is 0 Å². The second-order valence-electron chi connectivity index (χ2n) is 5.25. The van der Waals surface area contributed by atoms with E-state index in [4.69, 9.17) is 0 Å². The van der Waals surface area contributed by atoms with E-state index in [1.807, 2.05) is 19.2 Å². The predicted molar refractivity (Wildman–Crippen MR) is 86.3 cm³/mol. The summed E-state index contributed by atoms with van der Waals surface area (Å²) in [6.07, 6.45) is 5.03. The van der Waals surface area contributed by atoms with E-state index in [9.17, 15) is 0 Å². The largest absolute Gasteiger partial charge is 0.351 e. The smallest absolute Gasteiger partial charge is 0.203 e. The number of nitrogens with zero attached hydrogens (tertiary/aromatic N) is 3. The molecule has 0 bridgehead atoms. The molecular formula is C17H20N4. The van der Waals surface area contributed by atoms with Gasteiger partial charge in [-0.1, -0.05) is 31.2 Å². The Morgan fingerprint density at radius 1 is 1.19 bits per heavy atom. The van der Waals surface area contributed by atoms with E-state index in [1.165, 1.54) is 10.9 Å². The number of pyridine rings is 1. The van der Waals surface area contributed by atoms with Gasteiger partial charge in [-0.3, -0.25) is 4.98 Å². The summed E-state index contributed by atoms with van der Waals surface area (Å²) in [6, 6.07) is 10.3. The van der Waals surface area contributed by atoms with Crippen LogP contribution in [0.3, 0.4) is 0 Å². The topological polar surface area (TPSA) is 42.7 Å². The molecule has 21 heavy (non-hydrogen) atoms. The van der Waals surface area contributed by atoms with Gasteiger partial charge in [0, 0.05) is 30.9 Å². The van der Waals surface area contributed by atoms with E-state index in [1.54, 1.807) is 0 Å². The molecule has 4 heteroatoms. The first kappa shape index (κ1) is 13.6. The van der Waals surface area contributed by atoms with E-state index >= 15 is 0 Å². The SMILES string of the molecule is CCCn1cc(C)nc1NCc1cccc2cccnc12. The first-order valence-corrected chi connectivity index (χ1v) is 7.38. The molecule has 4 nitrogen and oxygen atoms in total. The molecule has 0 aliphatic carbocycles. The van der Waals surface area contributed by atoms with Crippen LogP contribution >= 0.6 is 0 Å². The summed E-state index contributed by atoms with van der Waals surface area (Å²) in [5, 5.41) is 4.61. The number of hydrogen-bond acceptors (Lipinski definition) is 3. The van der Waals surface area contributed by atoms with Crippen molar-refractivity contribution in [3.05, 3.63) is 54.0 Å². The minimum atomic E-state index is 0.731. The first-order valence-electron chi connectivity index (χ1n) is 7.38. The number of benzene rings is 1. The Hall–Kier alpha value is -2.36. The quantitative estimate of drug-likeness (QED) is 0.773. The van der Waals surface area contributed by atoms with Gasteiger partial charge in [-0.05, 0) is 25.0 Å². The van der Waals surface area contributed by atoms with Crippen molar-refractivity contribution in [3.8, 4) is 0 Å². The van der Waals surface area contributed by atoms with Crippen molar-refractivity contribution in [2.45, 2.75) is 33.4 Å². The van der Waals surface area contributed by atoms with Gasteiger partial charge < -0.3 is 9.88 Å². The number of anilines is 1. The Morgan fingerprint density at radius 2 is 2.05 bits per heavy atom. The summed E-state index contributed by atoms with van der Waals surface area (Å²) in [7, 11) is 0. The van der Waals surface area contributed by atoms with Crippen LogP contribution < -0.4 is 5.32 Å². The third-order valence-electron chi connectivity index (χ3n) is 3.51. The summed E-state index contributed by atoms with van der Waals surface area (Å²) in [5.41, 5.74) is 3.29. The zero-order valence-electron chi connectivity index (χ0n) is 12.5. The summed E-state index contributed by atoms with van der Waals surface area (Å²) in [4.78, 5) is 9.05. The van der Waals surface area contributed by atoms with Crippen LogP contribution in [0.5, 0.6) is 0 Å². The molecule has 0 atom stereocenters. The van der Waals surface area contributed by atoms with Crippen molar-refractivity contribution in [2.24, 2.45) is 0 Å². The predicted octanol–water partition coefficient (Wildman–Crippen LogP) is 3.76. The Kier molecular flexibility index (Phi) is 3.86. The standard InChI is InChI=1S/C17H20N4/c1-3-10-21-12-13(2)20-17(21)19-11-15-7-4-6-14-8-5-9-18-16(14)15/h4-9,12H,3,10-11H2,1-2H3,(H,19,20). The highest BCUT2D eigenvalue weighted by Gasteiger charge is 2.06. The molecule has 3 aromatic rings. The van der Waals surface area contributed by atoms with Gasteiger partial charge in [0.05, 0.1) is 11.2 Å². The average Bonchev–Trinajstić information content (AvgIpc) is 2.85. The van der Waals surface area contributed by atoms with E-state index in [0.29, 0.717) is 0 Å². The Bertz CT molecular complexity index is 740. The molecule has 108 valence electrons. The minimum Gasteiger partial charge on any atom is -0.351 e. The number of imidazole rings is 1. The molecular weight excluding hydrogens is 260 g/mol. The molecule has 0 aliphatic heterocycles. The second-order valence-corrected chi connectivity index (χ2v) is 5.25. The molecule has 0 saturated carbocycles. The van der Waals surface area contributed by atoms with Gasteiger partial charge in [0.15, 0.2) is 0 Å². The molecule has 0 radical (unpaired) electrons. The summed E-state index contributed by atoms with van der Waals surface area (Å²) >= 11 is 0. The maximum Gasteiger partial charge on any atom is 0.203 e. The summed E-state index contributed by atoms with van der Waals surface area (Å²) in [6.45, 7) is 5.91. The monoisotopic (exact) mass is 280 g/mol. The Labute approximate surface area is 124 Å². The molecule has 2 aromatic heterocycles. The van der Waals surface area contributed by atoms with Gasteiger partial charge in [-0.15, -0.1) is 0 Å². The number of aromatic nitrogens is 3. The van der Waals surface area contributed by atoms with Crippen molar-refractivity contribution >= 4 is 16.9 Å². The van der Waals surface area contributed by atoms with E-state index in [2.05, 4.69) is 57.2 Å². The van der Waals surface area contributed by atoms with Crippen LogP contribution in [0.1, 0.15) is 24.6 Å². The zero-order chi connectivity index (χ0) is 14.7. The molecule has 0 spiro atoms. The van der Waals surface area contributed by atoms with Crippen LogP contribution in [0.4, 0.5) is 5.95 Å². The molecule has 1 N–H and O–H groups in total. The third-order valence-corrected chi connectivity index (χ3v) is 3.51. The Balaban J connectivity index is 1.84. The van der Waals surface area contributed by atoms with Crippen molar-refractivity contribution in [1.82, 2.24) is 14.5 Å². The van der Waals surface area contributed by atoms with Gasteiger partial charge in [0.1, 0.15) is 0 Å². The highest BCUT2D eigenvalue weighted by molar-refractivity contribution is 5.81. The first-order chi connectivity index (χ1) is 10.3. The average molecular weight is 280 g/mol. The number of aryl methyl sites for hydroxylation is 2. The lowest BCUT2D eigenvalue weighted by Crippen LogP contribution is -2.07. The highest BCUT2D eigenvalue weighted by Crippen LogP contribution is 2.17. The van der Waals surface area contributed by atoms with Gasteiger partial charge in [0.2, 0.25) is 5.95 Å². The zero-order valence-corrected chi connectivity index (χ0v) is 12.5. The maximum atomic E-state index is 4.56. The molecule has 3 rings (SSSR count). The van der Waals surface area contributed by atoms with Crippen LogP contribution in [0.25, 0.3) is 10.9 Å². The lowest BCUT2D eigenvalue weighted by Gasteiger charge is -2.10. The second kappa shape index (κ2) is 5.95. The fraction of sp³-hybridized carbons (Fsp3) is 0.294. The van der Waals surface area contributed by atoms with Crippen LogP contribution in [-0.2, 0) is 13.1 Å². The molecule has 0 aliphatic rings. The van der Waals surface area contributed by atoms with Crippen molar-refractivity contribution in [2.75, 3.05) is 5.32 Å². The fourth-order valence-electron chi connectivity index (χ4n) is 2.58. The number of rotatable bonds is 5. The molecule has 0 unspecified atom stereocenters. The molecule has 0 amide bonds. The number of para-hydroxylation sites is 1. The normalized spacial score (nSPS) is 11.0. The van der Waals surface area contributed by atoms with Gasteiger partial charge in [-0.25, -0.2) is 4.98 Å². The van der Waals surface area contributed by atoms with E-state index in [-0.39, 0.29) is 0 Å². The Morgan fingerprint density at radius 3 is 2.90 bits per heavy atom. The molecule has 0 fully saturated rings. The van der Waals surface area contributed by atoms with Crippen LogP contribution in [-0.4, -0.2) is 14.5 Å². The van der Waals surface area contributed by atoms with Crippen molar-refractivity contribution in [1.29, 1.82) is 0 Å². The third kappa shape index (κ3) is 2.89. The maximum absolute atomic E-state index is 4.56. The molecule has 0 saturated heterocycles. The van der Waals surface area contributed by atoms with E-state index < -0.39 is 0 Å². The van der Waals surface area contributed by atoms with Gasteiger partial charge in [0.25, 0.3) is 0 Å². The highest BCUT2D eigenvalue weighted by atomic mass is 15.2. The summed E-state index contributed by atoms with van der Waals surface area (Å²) in [5.74, 6) is 0.933.